The third kappa shape index (κ3) is 0.675. The largest absolute Gasteiger partial charge is 0.355 e. The predicted molar refractivity (Wildman–Crippen MR) is 36.8 cm³/mol. The van der Waals surface area contributed by atoms with Gasteiger partial charge in [-0.15, -0.1) is 0 Å². The van der Waals surface area contributed by atoms with E-state index in [2.05, 4.69) is 10.1 Å². The van der Waals surface area contributed by atoms with Gasteiger partial charge in [-0.1, -0.05) is 16.8 Å². The van der Waals surface area contributed by atoms with Gasteiger partial charge in [0.05, 0.1) is 22.8 Å². The highest BCUT2D eigenvalue weighted by Gasteiger charge is 2.00. The van der Waals surface area contributed by atoms with Crippen molar-refractivity contribution in [2.24, 2.45) is 0 Å². The van der Waals surface area contributed by atoms with E-state index in [-0.39, 0.29) is 0 Å². The van der Waals surface area contributed by atoms with Crippen molar-refractivity contribution in [2.45, 2.75) is 0 Å². The first-order valence-corrected chi connectivity index (χ1v) is 3.09. The highest BCUT2D eigenvalue weighted by molar-refractivity contribution is 6.35. The van der Waals surface area contributed by atoms with E-state index in [1.54, 1.807) is 18.6 Å². The molecule has 2 aromatic heterocycles. The molecule has 4 heteroatoms. The zero-order valence-electron chi connectivity index (χ0n) is 4.91. The van der Waals surface area contributed by atoms with Crippen LogP contribution in [0.15, 0.2) is 23.1 Å². The van der Waals surface area contributed by atoms with E-state index >= 15 is 0 Å². The zero-order valence-corrected chi connectivity index (χ0v) is 5.67. The fourth-order valence-electron chi connectivity index (χ4n) is 0.761. The molecule has 0 aliphatic carbocycles. The van der Waals surface area contributed by atoms with Gasteiger partial charge < -0.3 is 4.52 Å². The number of fused-ring (bicyclic) bond motifs is 1. The van der Waals surface area contributed by atoms with Crippen LogP contribution in [0.25, 0.3) is 11.0 Å². The molecule has 2 rings (SSSR count). The van der Waals surface area contributed by atoms with Crippen molar-refractivity contribution in [3.8, 4) is 0 Å². The van der Waals surface area contributed by atoms with Crippen LogP contribution in [0.1, 0.15) is 0 Å². The lowest BCUT2D eigenvalue weighted by atomic mass is 10.3. The summed E-state index contributed by atoms with van der Waals surface area (Å²) in [6.07, 6.45) is 4.70. The molecule has 0 atom stereocenters. The minimum absolute atomic E-state index is 0.568. The SMILES string of the molecule is Clc1cncc2oncc12. The average Bonchev–Trinajstić information content (AvgIpc) is 2.36. The van der Waals surface area contributed by atoms with E-state index in [0.29, 0.717) is 10.6 Å². The first kappa shape index (κ1) is 5.68. The van der Waals surface area contributed by atoms with Crippen LogP contribution in [-0.4, -0.2) is 10.1 Å². The topological polar surface area (TPSA) is 38.9 Å². The van der Waals surface area contributed by atoms with Gasteiger partial charge in [0.25, 0.3) is 0 Å². The van der Waals surface area contributed by atoms with Crippen molar-refractivity contribution in [3.05, 3.63) is 23.6 Å². The van der Waals surface area contributed by atoms with Crippen LogP contribution >= 0.6 is 11.6 Å². The van der Waals surface area contributed by atoms with Crippen LogP contribution in [-0.2, 0) is 0 Å². The number of pyridine rings is 1. The molecule has 0 aliphatic heterocycles. The molecule has 0 saturated carbocycles. The Bertz CT molecular complexity index is 357. The van der Waals surface area contributed by atoms with Crippen molar-refractivity contribution in [3.63, 3.8) is 0 Å². The highest BCUT2D eigenvalue weighted by Crippen LogP contribution is 2.20. The Kier molecular flexibility index (Phi) is 1.11. The maximum absolute atomic E-state index is 5.74. The first-order chi connectivity index (χ1) is 4.88. The van der Waals surface area contributed by atoms with Gasteiger partial charge in [0.1, 0.15) is 0 Å². The van der Waals surface area contributed by atoms with Gasteiger partial charge in [0.2, 0.25) is 0 Å². The standard InChI is InChI=1S/C6H3ClN2O/c7-5-2-8-3-6-4(5)1-9-10-6/h1-3H. The second-order valence-electron chi connectivity index (χ2n) is 1.86. The summed E-state index contributed by atoms with van der Waals surface area (Å²) in [5, 5.41) is 4.93. The number of rotatable bonds is 0. The summed E-state index contributed by atoms with van der Waals surface area (Å²) >= 11 is 5.74. The lowest BCUT2D eigenvalue weighted by Gasteiger charge is -1.85. The molecule has 0 radical (unpaired) electrons. The number of nitrogens with zero attached hydrogens (tertiary/aromatic N) is 2. The normalized spacial score (nSPS) is 10.5. The van der Waals surface area contributed by atoms with Crippen molar-refractivity contribution in [2.75, 3.05) is 0 Å². The molecule has 0 N–H and O–H groups in total. The molecule has 0 unspecified atom stereocenters. The van der Waals surface area contributed by atoms with Crippen LogP contribution in [0.5, 0.6) is 0 Å². The van der Waals surface area contributed by atoms with E-state index in [9.17, 15) is 0 Å². The molecule has 0 fully saturated rings. The molecule has 0 spiro atoms. The molecule has 0 saturated heterocycles. The van der Waals surface area contributed by atoms with Gasteiger partial charge in [-0.2, -0.15) is 0 Å². The molecule has 0 amide bonds. The summed E-state index contributed by atoms with van der Waals surface area (Å²) in [6, 6.07) is 0. The van der Waals surface area contributed by atoms with Crippen LogP contribution < -0.4 is 0 Å². The van der Waals surface area contributed by atoms with Gasteiger partial charge in [-0.3, -0.25) is 4.98 Å². The second-order valence-corrected chi connectivity index (χ2v) is 2.27. The summed E-state index contributed by atoms with van der Waals surface area (Å²) in [7, 11) is 0. The number of hydrogen-bond acceptors (Lipinski definition) is 3. The maximum Gasteiger partial charge on any atom is 0.186 e. The van der Waals surface area contributed by atoms with E-state index in [1.807, 2.05) is 0 Å². The molecule has 2 heterocycles. The van der Waals surface area contributed by atoms with E-state index in [0.717, 1.165) is 5.39 Å². The van der Waals surface area contributed by atoms with Crippen molar-refractivity contribution in [1.29, 1.82) is 0 Å². The predicted octanol–water partition coefficient (Wildman–Crippen LogP) is 1.88. The summed E-state index contributed by atoms with van der Waals surface area (Å²) in [4.78, 5) is 3.82. The zero-order chi connectivity index (χ0) is 6.97. The smallest absolute Gasteiger partial charge is 0.186 e. The molecule has 0 bridgehead atoms. The maximum atomic E-state index is 5.74. The Labute approximate surface area is 61.6 Å². The monoisotopic (exact) mass is 154 g/mol. The Morgan fingerprint density at radius 2 is 2.20 bits per heavy atom. The Balaban J connectivity index is 2.95. The molecule has 10 heavy (non-hydrogen) atoms. The molecule has 0 aliphatic rings. The average molecular weight is 155 g/mol. The molecule has 50 valence electrons. The summed E-state index contributed by atoms with van der Waals surface area (Å²) < 4.78 is 4.80. The Hall–Kier alpha value is -1.09. The summed E-state index contributed by atoms with van der Waals surface area (Å²) in [5.74, 6) is 0. The number of hydrogen-bond donors (Lipinski definition) is 0. The van der Waals surface area contributed by atoms with Crippen LogP contribution in [0.4, 0.5) is 0 Å². The fourth-order valence-corrected chi connectivity index (χ4v) is 0.959. The third-order valence-electron chi connectivity index (χ3n) is 1.24. The van der Waals surface area contributed by atoms with Gasteiger partial charge in [0, 0.05) is 6.20 Å². The van der Waals surface area contributed by atoms with Gasteiger partial charge in [0.15, 0.2) is 5.58 Å². The Morgan fingerprint density at radius 1 is 1.30 bits per heavy atom. The van der Waals surface area contributed by atoms with Crippen LogP contribution in [0.3, 0.4) is 0 Å². The van der Waals surface area contributed by atoms with Crippen LogP contribution in [0, 0.1) is 0 Å². The van der Waals surface area contributed by atoms with Crippen molar-refractivity contribution < 1.29 is 4.52 Å². The van der Waals surface area contributed by atoms with Gasteiger partial charge in [-0.05, 0) is 0 Å². The molecule has 0 aromatic carbocycles. The fraction of sp³-hybridized carbons (Fsp3) is 0. The van der Waals surface area contributed by atoms with Crippen LogP contribution in [0.2, 0.25) is 5.02 Å². The van der Waals surface area contributed by atoms with Crippen molar-refractivity contribution in [1.82, 2.24) is 10.1 Å². The molecular weight excluding hydrogens is 152 g/mol. The molecule has 3 nitrogen and oxygen atoms in total. The Morgan fingerprint density at radius 3 is 3.00 bits per heavy atom. The molecular formula is C6H3ClN2O. The van der Waals surface area contributed by atoms with E-state index in [1.165, 1.54) is 0 Å². The quantitative estimate of drug-likeness (QED) is 0.582. The van der Waals surface area contributed by atoms with Gasteiger partial charge in [-0.25, -0.2) is 0 Å². The van der Waals surface area contributed by atoms with Crippen molar-refractivity contribution >= 4 is 22.6 Å². The summed E-state index contributed by atoms with van der Waals surface area (Å²) in [6.45, 7) is 0. The number of aromatic nitrogens is 2. The highest BCUT2D eigenvalue weighted by atomic mass is 35.5. The van der Waals surface area contributed by atoms with E-state index in [4.69, 9.17) is 16.1 Å². The second kappa shape index (κ2) is 1.95. The summed E-state index contributed by atoms with van der Waals surface area (Å²) in [5.41, 5.74) is 0.618. The number of halogens is 1. The minimum Gasteiger partial charge on any atom is -0.355 e. The minimum atomic E-state index is 0.568. The third-order valence-corrected chi connectivity index (χ3v) is 1.54. The van der Waals surface area contributed by atoms with Gasteiger partial charge >= 0.3 is 0 Å². The lowest BCUT2D eigenvalue weighted by molar-refractivity contribution is 0.455. The first-order valence-electron chi connectivity index (χ1n) is 2.72. The lowest BCUT2D eigenvalue weighted by Crippen LogP contribution is -1.69. The van der Waals surface area contributed by atoms with E-state index < -0.39 is 0 Å². The molecule has 2 aromatic rings.